The van der Waals surface area contributed by atoms with Gasteiger partial charge in [-0.2, -0.15) is 8.42 Å². The summed E-state index contributed by atoms with van der Waals surface area (Å²) in [5, 5.41) is 2.06. The van der Waals surface area contributed by atoms with E-state index in [2.05, 4.69) is 20.0 Å². The second-order valence-corrected chi connectivity index (χ2v) is 9.79. The number of halogens is 1. The minimum Gasteiger partial charge on any atom is -0.497 e. The van der Waals surface area contributed by atoms with Crippen LogP contribution in [0.5, 0.6) is 5.75 Å². The SMILES string of the molecule is COc1ccc(-c2cc(-c3ccccc3)nc(NS(=O)(=O)c3c(=O)o[nH][n+]3-c3ccc(Cl)cc3)n2)cc1. The number of anilines is 1. The van der Waals surface area contributed by atoms with Crippen LogP contribution in [0.15, 0.2) is 99.3 Å². The van der Waals surface area contributed by atoms with E-state index < -0.39 is 20.7 Å². The molecular formula is C25H19ClN5O5S+. The van der Waals surface area contributed by atoms with Gasteiger partial charge in [-0.3, -0.25) is 4.52 Å². The maximum atomic E-state index is 13.4. The molecule has 0 aliphatic carbocycles. The number of hydrogen-bond acceptors (Lipinski definition) is 7. The third-order valence-electron chi connectivity index (χ3n) is 5.35. The van der Waals surface area contributed by atoms with E-state index in [1.165, 1.54) is 12.1 Å². The lowest BCUT2D eigenvalue weighted by Crippen LogP contribution is -2.42. The zero-order valence-corrected chi connectivity index (χ0v) is 20.8. The number of methoxy groups -OCH3 is 1. The summed E-state index contributed by atoms with van der Waals surface area (Å²) in [6.07, 6.45) is 0. The van der Waals surface area contributed by atoms with E-state index in [4.69, 9.17) is 20.9 Å². The van der Waals surface area contributed by atoms with Crippen LogP contribution in [-0.4, -0.2) is 30.8 Å². The third-order valence-corrected chi connectivity index (χ3v) is 6.92. The molecule has 0 fully saturated rings. The number of hydrogen-bond donors (Lipinski definition) is 2. The first-order chi connectivity index (χ1) is 17.8. The van der Waals surface area contributed by atoms with Crippen molar-refractivity contribution in [3.63, 3.8) is 0 Å². The molecule has 0 saturated carbocycles. The second-order valence-electron chi connectivity index (χ2n) is 7.76. The Labute approximate surface area is 216 Å². The topological polar surface area (TPSA) is 131 Å². The van der Waals surface area contributed by atoms with Gasteiger partial charge in [-0.25, -0.2) is 19.5 Å². The third kappa shape index (κ3) is 5.08. The van der Waals surface area contributed by atoms with Crippen LogP contribution in [0.3, 0.4) is 0 Å². The number of aromatic nitrogens is 4. The lowest BCUT2D eigenvalue weighted by atomic mass is 10.1. The number of nitrogens with zero attached hydrogens (tertiary/aromatic N) is 3. The van der Waals surface area contributed by atoms with Gasteiger partial charge in [0, 0.05) is 28.3 Å². The molecule has 186 valence electrons. The van der Waals surface area contributed by atoms with Gasteiger partial charge in [0.05, 0.1) is 18.5 Å². The van der Waals surface area contributed by atoms with Crippen molar-refractivity contribution in [1.29, 1.82) is 0 Å². The number of ether oxygens (including phenoxy) is 1. The molecule has 2 heterocycles. The van der Waals surface area contributed by atoms with Gasteiger partial charge in [-0.05, 0) is 52.4 Å². The number of nitrogens with one attached hydrogen (secondary N) is 2. The van der Waals surface area contributed by atoms with Gasteiger partial charge in [-0.15, -0.1) is 0 Å². The first-order valence-electron chi connectivity index (χ1n) is 10.9. The van der Waals surface area contributed by atoms with Gasteiger partial charge >= 0.3 is 20.7 Å². The van der Waals surface area contributed by atoms with Gasteiger partial charge in [0.25, 0.3) is 0 Å². The number of aromatic amines is 1. The molecule has 0 amide bonds. The molecule has 0 unspecified atom stereocenters. The Morgan fingerprint density at radius 3 is 2.16 bits per heavy atom. The van der Waals surface area contributed by atoms with E-state index in [1.54, 1.807) is 49.6 Å². The fourth-order valence-corrected chi connectivity index (χ4v) is 4.78. The van der Waals surface area contributed by atoms with Crippen LogP contribution >= 0.6 is 11.6 Å². The van der Waals surface area contributed by atoms with Crippen LogP contribution in [0.25, 0.3) is 28.2 Å². The summed E-state index contributed by atoms with van der Waals surface area (Å²) in [7, 11) is -2.94. The van der Waals surface area contributed by atoms with Crippen molar-refractivity contribution in [1.82, 2.24) is 15.2 Å². The summed E-state index contributed by atoms with van der Waals surface area (Å²) in [6.45, 7) is 0. The molecule has 3 aromatic carbocycles. The normalized spacial score (nSPS) is 11.3. The molecule has 5 aromatic rings. The Morgan fingerprint density at radius 2 is 1.54 bits per heavy atom. The Bertz CT molecular complexity index is 1720. The van der Waals surface area contributed by atoms with Crippen molar-refractivity contribution in [3.8, 4) is 34.0 Å². The first-order valence-corrected chi connectivity index (χ1v) is 12.7. The molecule has 0 spiro atoms. The van der Waals surface area contributed by atoms with E-state index in [1.807, 2.05) is 30.3 Å². The van der Waals surface area contributed by atoms with Gasteiger partial charge < -0.3 is 4.74 Å². The lowest BCUT2D eigenvalue weighted by molar-refractivity contribution is -0.705. The highest BCUT2D eigenvalue weighted by atomic mass is 35.5. The highest BCUT2D eigenvalue weighted by molar-refractivity contribution is 7.92. The predicted octanol–water partition coefficient (Wildman–Crippen LogP) is 3.83. The quantitative estimate of drug-likeness (QED) is 0.302. The monoisotopic (exact) mass is 536 g/mol. The standard InChI is InChI=1S/C25H18ClN5O5S/c1-35-20-13-7-17(8-14-20)22-15-21(16-5-3-2-4-6-16)27-25(28-22)29-37(33,34)23-24(32)36-30-31(23)19-11-9-18(26)10-12-19/h2-15H,1H3,(H-,27,28,29,30,32)/p+1. The number of rotatable bonds is 7. The highest BCUT2D eigenvalue weighted by Gasteiger charge is 2.37. The van der Waals surface area contributed by atoms with Crippen LogP contribution in [0, 0.1) is 0 Å². The van der Waals surface area contributed by atoms with Crippen LogP contribution < -0.4 is 19.8 Å². The van der Waals surface area contributed by atoms with Gasteiger partial charge in [0.1, 0.15) is 5.75 Å². The van der Waals surface area contributed by atoms with Crippen molar-refractivity contribution in [3.05, 3.63) is 100 Å². The van der Waals surface area contributed by atoms with E-state index in [9.17, 15) is 13.2 Å². The molecule has 12 heteroatoms. The summed E-state index contributed by atoms with van der Waals surface area (Å²) >= 11 is 5.93. The molecule has 0 aliphatic heterocycles. The van der Waals surface area contributed by atoms with Crippen molar-refractivity contribution in [2.75, 3.05) is 11.8 Å². The molecule has 10 nitrogen and oxygen atoms in total. The summed E-state index contributed by atoms with van der Waals surface area (Å²) in [6, 6.07) is 24.2. The van der Waals surface area contributed by atoms with Crippen LogP contribution in [0.1, 0.15) is 0 Å². The summed E-state index contributed by atoms with van der Waals surface area (Å²) in [5.74, 6) is 0.434. The number of benzene rings is 3. The first kappa shape index (κ1) is 24.2. The lowest BCUT2D eigenvalue weighted by Gasteiger charge is -2.10. The van der Waals surface area contributed by atoms with Crippen molar-refractivity contribution in [2.45, 2.75) is 5.03 Å². The summed E-state index contributed by atoms with van der Waals surface area (Å²) in [4.78, 5) is 21.3. The Balaban J connectivity index is 1.60. The molecule has 2 N–H and O–H groups in total. The second kappa shape index (κ2) is 9.88. The molecule has 0 aliphatic rings. The fourth-order valence-electron chi connectivity index (χ4n) is 3.58. The van der Waals surface area contributed by atoms with Crippen molar-refractivity contribution >= 4 is 27.6 Å². The molecule has 37 heavy (non-hydrogen) atoms. The van der Waals surface area contributed by atoms with E-state index >= 15 is 0 Å². The Kier molecular flexibility index (Phi) is 6.47. The number of sulfonamides is 1. The molecule has 2 aromatic heterocycles. The smallest absolute Gasteiger partial charge is 0.449 e. The van der Waals surface area contributed by atoms with Gasteiger partial charge in [0.2, 0.25) is 11.6 Å². The largest absolute Gasteiger partial charge is 0.497 e. The van der Waals surface area contributed by atoms with E-state index in [0.29, 0.717) is 33.4 Å². The maximum absolute atomic E-state index is 13.4. The van der Waals surface area contributed by atoms with Crippen LogP contribution in [-0.2, 0) is 10.0 Å². The molecule has 0 bridgehead atoms. The fraction of sp³-hybridized carbons (Fsp3) is 0.0400. The summed E-state index contributed by atoms with van der Waals surface area (Å²) in [5.41, 5.74) is 1.60. The number of H-pyrrole nitrogens is 1. The van der Waals surface area contributed by atoms with Crippen LogP contribution in [0.2, 0.25) is 5.02 Å². The van der Waals surface area contributed by atoms with E-state index in [0.717, 1.165) is 10.2 Å². The van der Waals surface area contributed by atoms with Crippen molar-refractivity contribution < 1.29 is 22.4 Å². The Morgan fingerprint density at radius 1 is 0.919 bits per heavy atom. The molecule has 0 saturated heterocycles. The van der Waals surface area contributed by atoms with Gasteiger partial charge in [-0.1, -0.05) is 41.9 Å². The van der Waals surface area contributed by atoms with E-state index in [-0.39, 0.29) is 5.95 Å². The zero-order valence-electron chi connectivity index (χ0n) is 19.3. The predicted molar refractivity (Wildman–Crippen MR) is 136 cm³/mol. The van der Waals surface area contributed by atoms with Crippen molar-refractivity contribution in [2.24, 2.45) is 0 Å². The molecular weight excluding hydrogens is 518 g/mol. The minimum atomic E-state index is -4.50. The average Bonchev–Trinajstić information content (AvgIpc) is 3.31. The average molecular weight is 537 g/mol. The maximum Gasteiger partial charge on any atom is 0.449 e. The van der Waals surface area contributed by atoms with Crippen LogP contribution in [0.4, 0.5) is 5.95 Å². The minimum absolute atomic E-state index is 0.226. The highest BCUT2D eigenvalue weighted by Crippen LogP contribution is 2.27. The molecule has 5 rings (SSSR count). The molecule has 0 atom stereocenters. The summed E-state index contributed by atoms with van der Waals surface area (Å²) < 4.78 is 40.1. The van der Waals surface area contributed by atoms with Gasteiger partial charge in [0.15, 0.2) is 0 Å². The Hall–Kier alpha value is -4.48. The molecule has 0 radical (unpaired) electrons. The zero-order chi connectivity index (χ0) is 26.0.